The van der Waals surface area contributed by atoms with E-state index in [2.05, 4.69) is 46.0 Å². The molecule has 0 radical (unpaired) electrons. The average molecular weight is 394 g/mol. The van der Waals surface area contributed by atoms with E-state index in [4.69, 9.17) is 0 Å². The fourth-order valence-corrected chi connectivity index (χ4v) is 2.24. The number of halogens is 3. The molecule has 0 aliphatic heterocycles. The lowest BCUT2D eigenvalue weighted by molar-refractivity contribution is -0.132. The number of rotatable bonds is 4. The number of anilines is 1. The van der Waals surface area contributed by atoms with Crippen LogP contribution in [0.15, 0.2) is 36.8 Å². The first-order valence-corrected chi connectivity index (χ1v) is 8.36. The zero-order valence-corrected chi connectivity index (χ0v) is 15.6. The van der Waals surface area contributed by atoms with E-state index in [1.54, 1.807) is 12.4 Å². The molecule has 0 atom stereocenters. The van der Waals surface area contributed by atoms with Crippen molar-refractivity contribution in [2.45, 2.75) is 32.5 Å². The van der Waals surface area contributed by atoms with Crippen molar-refractivity contribution >= 4 is 23.3 Å². The molecule has 3 N–H and O–H groups in total. The number of aromatic nitrogens is 4. The molecule has 3 aromatic rings. The fourth-order valence-electron chi connectivity index (χ4n) is 2.24. The Kier molecular flexibility index (Phi) is 6.55. The van der Waals surface area contributed by atoms with Crippen LogP contribution in [0.1, 0.15) is 20.8 Å². The highest BCUT2D eigenvalue weighted by Crippen LogP contribution is 2.25. The summed E-state index contributed by atoms with van der Waals surface area (Å²) in [5, 5.41) is 5.87. The van der Waals surface area contributed by atoms with Gasteiger partial charge in [0.05, 0.1) is 0 Å². The van der Waals surface area contributed by atoms with E-state index in [0.29, 0.717) is 5.82 Å². The third-order valence-corrected chi connectivity index (χ3v) is 3.24. The van der Waals surface area contributed by atoms with Gasteiger partial charge in [-0.2, -0.15) is 13.2 Å². The summed E-state index contributed by atoms with van der Waals surface area (Å²) >= 11 is 0. The van der Waals surface area contributed by atoms with Crippen molar-refractivity contribution in [1.82, 2.24) is 25.3 Å². The number of carbonyl (C=O) groups excluding carboxylic acids is 1. The normalized spacial score (nSPS) is 11.5. The van der Waals surface area contributed by atoms with Gasteiger partial charge in [-0.1, -0.05) is 0 Å². The van der Waals surface area contributed by atoms with Gasteiger partial charge in [-0.3, -0.25) is 4.79 Å². The molecule has 0 saturated carbocycles. The largest absolute Gasteiger partial charge is 0.405 e. The van der Waals surface area contributed by atoms with Crippen LogP contribution in [0.5, 0.6) is 0 Å². The van der Waals surface area contributed by atoms with E-state index in [-0.39, 0.29) is 11.9 Å². The number of fused-ring (bicyclic) bond motifs is 1. The molecule has 0 fully saturated rings. The summed E-state index contributed by atoms with van der Waals surface area (Å²) in [6, 6.07) is 5.81. The van der Waals surface area contributed by atoms with Crippen molar-refractivity contribution in [3.63, 3.8) is 0 Å². The summed E-state index contributed by atoms with van der Waals surface area (Å²) in [7, 11) is 0. The minimum atomic E-state index is -4.29. The average Bonchev–Trinajstić information content (AvgIpc) is 3.03. The highest BCUT2D eigenvalue weighted by atomic mass is 19.4. The van der Waals surface area contributed by atoms with Gasteiger partial charge in [-0.25, -0.2) is 15.0 Å². The van der Waals surface area contributed by atoms with Crippen molar-refractivity contribution in [2.75, 3.05) is 11.9 Å². The van der Waals surface area contributed by atoms with E-state index in [9.17, 15) is 18.0 Å². The lowest BCUT2D eigenvalue weighted by Gasteiger charge is -2.21. The van der Waals surface area contributed by atoms with Gasteiger partial charge >= 0.3 is 6.18 Å². The van der Waals surface area contributed by atoms with E-state index < -0.39 is 12.7 Å². The van der Waals surface area contributed by atoms with Crippen molar-refractivity contribution in [3.8, 4) is 11.4 Å². The van der Waals surface area contributed by atoms with Crippen LogP contribution in [0.3, 0.4) is 0 Å². The predicted octanol–water partition coefficient (Wildman–Crippen LogP) is 3.53. The minimum Gasteiger partial charge on any atom is -0.365 e. The summed E-state index contributed by atoms with van der Waals surface area (Å²) < 4.78 is 33.1. The Morgan fingerprint density at radius 1 is 1.14 bits per heavy atom. The van der Waals surface area contributed by atoms with Crippen LogP contribution >= 0.6 is 0 Å². The molecule has 28 heavy (non-hydrogen) atoms. The molecule has 0 aliphatic rings. The van der Waals surface area contributed by atoms with Crippen molar-refractivity contribution in [1.29, 1.82) is 0 Å². The number of H-pyrrole nitrogens is 1. The zero-order chi connectivity index (χ0) is 20.8. The van der Waals surface area contributed by atoms with Gasteiger partial charge in [0.15, 0.2) is 5.82 Å². The van der Waals surface area contributed by atoms with Gasteiger partial charge in [0.1, 0.15) is 18.0 Å². The Balaban J connectivity index is 0.000000300. The first kappa shape index (κ1) is 21.1. The van der Waals surface area contributed by atoms with Crippen LogP contribution in [0.2, 0.25) is 0 Å². The molecule has 3 heterocycles. The van der Waals surface area contributed by atoms with Crippen molar-refractivity contribution in [3.05, 3.63) is 36.8 Å². The van der Waals surface area contributed by atoms with Gasteiger partial charge in [0.25, 0.3) is 0 Å². The number of nitrogens with zero attached hydrogens (tertiary/aromatic N) is 3. The second-order valence-corrected chi connectivity index (χ2v) is 6.86. The number of nitrogens with one attached hydrogen (secondary N) is 3. The fraction of sp³-hybridized carbons (Fsp3) is 0.333. The number of amides is 1. The first-order chi connectivity index (χ1) is 13.1. The monoisotopic (exact) mass is 394 g/mol. The Morgan fingerprint density at radius 3 is 2.50 bits per heavy atom. The summed E-state index contributed by atoms with van der Waals surface area (Å²) in [6.45, 7) is 5.05. The lowest BCUT2D eigenvalue weighted by atomic mass is 10.1. The van der Waals surface area contributed by atoms with Gasteiger partial charge in [0, 0.05) is 35.1 Å². The molecular formula is C18H21F3N6O. The molecule has 0 bridgehead atoms. The van der Waals surface area contributed by atoms with E-state index in [0.717, 1.165) is 22.4 Å². The molecule has 3 rings (SSSR count). The molecule has 0 saturated heterocycles. The molecule has 7 nitrogen and oxygen atoms in total. The molecular weight excluding hydrogens is 373 g/mol. The molecule has 0 aromatic carbocycles. The van der Waals surface area contributed by atoms with Crippen LogP contribution in [-0.4, -0.2) is 44.6 Å². The molecule has 150 valence electrons. The molecule has 0 unspecified atom stereocenters. The third kappa shape index (κ3) is 6.53. The Labute approximate surface area is 159 Å². The van der Waals surface area contributed by atoms with Gasteiger partial charge in [0.2, 0.25) is 6.41 Å². The number of hydrogen-bond acceptors (Lipinski definition) is 5. The number of aromatic amines is 1. The van der Waals surface area contributed by atoms with Crippen LogP contribution in [0.25, 0.3) is 22.4 Å². The maximum Gasteiger partial charge on any atom is 0.405 e. The molecule has 0 aliphatic carbocycles. The van der Waals surface area contributed by atoms with Crippen LogP contribution in [0, 0.1) is 0 Å². The molecule has 1 amide bonds. The lowest BCUT2D eigenvalue weighted by Crippen LogP contribution is -2.27. The quantitative estimate of drug-likeness (QED) is 0.589. The van der Waals surface area contributed by atoms with E-state index in [1.165, 1.54) is 5.32 Å². The van der Waals surface area contributed by atoms with Crippen molar-refractivity contribution in [2.24, 2.45) is 0 Å². The standard InChI is InChI=1S/C15H17N5.C3H4F3NO/c1-15(2,3)20-12-6-8-17-14(19-12)11-9-18-13-10(11)5-4-7-16-13;4-3(5,6)1-7-2-8/h4-9H,1-3H3,(H,16,18)(H,17,19,20);2H,1H2,(H,7,8). The van der Waals surface area contributed by atoms with Crippen LogP contribution in [0.4, 0.5) is 19.0 Å². The first-order valence-electron chi connectivity index (χ1n) is 8.36. The van der Waals surface area contributed by atoms with Crippen LogP contribution < -0.4 is 10.6 Å². The van der Waals surface area contributed by atoms with Crippen molar-refractivity contribution < 1.29 is 18.0 Å². The SMILES string of the molecule is CC(C)(C)Nc1ccnc(-c2c[nH]c3ncccc23)n1.O=CNCC(F)(F)F. The van der Waals surface area contributed by atoms with Gasteiger partial charge in [-0.05, 0) is 39.0 Å². The molecule has 3 aromatic heterocycles. The summed E-state index contributed by atoms with van der Waals surface area (Å²) in [6.07, 6.45) is 1.15. The topological polar surface area (TPSA) is 95.6 Å². The highest BCUT2D eigenvalue weighted by Gasteiger charge is 2.25. The Hall–Kier alpha value is -3.17. The Bertz CT molecular complexity index is 917. The summed E-state index contributed by atoms with van der Waals surface area (Å²) in [5.74, 6) is 1.51. The molecule has 0 spiro atoms. The maximum absolute atomic E-state index is 11.0. The van der Waals surface area contributed by atoms with E-state index >= 15 is 0 Å². The zero-order valence-electron chi connectivity index (χ0n) is 15.6. The summed E-state index contributed by atoms with van der Waals surface area (Å²) in [5.41, 5.74) is 1.78. The highest BCUT2D eigenvalue weighted by molar-refractivity contribution is 5.91. The number of hydrogen-bond donors (Lipinski definition) is 3. The van der Waals surface area contributed by atoms with Gasteiger partial charge < -0.3 is 15.6 Å². The maximum atomic E-state index is 11.0. The third-order valence-electron chi connectivity index (χ3n) is 3.24. The minimum absolute atomic E-state index is 0.00743. The second kappa shape index (κ2) is 8.68. The predicted molar refractivity (Wildman–Crippen MR) is 101 cm³/mol. The smallest absolute Gasteiger partial charge is 0.365 e. The summed E-state index contributed by atoms with van der Waals surface area (Å²) in [4.78, 5) is 25.6. The Morgan fingerprint density at radius 2 is 1.89 bits per heavy atom. The van der Waals surface area contributed by atoms with Gasteiger partial charge in [-0.15, -0.1) is 0 Å². The number of carbonyl (C=O) groups is 1. The molecule has 10 heteroatoms. The van der Waals surface area contributed by atoms with Crippen LogP contribution in [-0.2, 0) is 4.79 Å². The second-order valence-electron chi connectivity index (χ2n) is 6.86. The number of alkyl halides is 3. The van der Waals surface area contributed by atoms with E-state index in [1.807, 2.05) is 24.4 Å². The number of pyridine rings is 1.